The van der Waals surface area contributed by atoms with Gasteiger partial charge in [-0.3, -0.25) is 0 Å². The lowest BCUT2D eigenvalue weighted by Crippen LogP contribution is -1.88. The van der Waals surface area contributed by atoms with E-state index in [0.29, 0.717) is 0 Å². The summed E-state index contributed by atoms with van der Waals surface area (Å²) in [7, 11) is 0. The van der Waals surface area contributed by atoms with Gasteiger partial charge in [-0.05, 0) is 38.3 Å². The Bertz CT molecular complexity index is 219. The van der Waals surface area contributed by atoms with E-state index in [9.17, 15) is 0 Å². The van der Waals surface area contributed by atoms with Gasteiger partial charge in [-0.15, -0.1) is 0 Å². The molecule has 12 heavy (non-hydrogen) atoms. The molecule has 0 rings (SSSR count). The topological polar surface area (TPSA) is 23.9 Å². The van der Waals surface area contributed by atoms with Crippen molar-refractivity contribution in [2.45, 2.75) is 27.2 Å². The van der Waals surface area contributed by atoms with Gasteiger partial charge in [-0.1, -0.05) is 24.3 Å². The van der Waals surface area contributed by atoms with Crippen LogP contribution in [0.4, 0.5) is 0 Å². The van der Waals surface area contributed by atoms with Crippen LogP contribution >= 0.6 is 0 Å². The zero-order valence-corrected chi connectivity index (χ0v) is 8.09. The molecule has 0 heterocycles. The van der Waals surface area contributed by atoms with Crippen molar-refractivity contribution >= 4 is 6.21 Å². The van der Waals surface area contributed by atoms with Crippen LogP contribution in [0.25, 0.3) is 0 Å². The predicted molar refractivity (Wildman–Crippen MR) is 55.7 cm³/mol. The molecular weight excluding hydrogens is 146 g/mol. The molecule has 0 aliphatic rings. The van der Waals surface area contributed by atoms with E-state index in [1.54, 1.807) is 0 Å². The zero-order valence-electron chi connectivity index (χ0n) is 8.09. The average Bonchev–Trinajstić information content (AvgIpc) is 2.12. The van der Waals surface area contributed by atoms with Crippen LogP contribution in [0.1, 0.15) is 27.2 Å². The van der Waals surface area contributed by atoms with Gasteiger partial charge in [-0.25, -0.2) is 0 Å². The van der Waals surface area contributed by atoms with Gasteiger partial charge in [-0.2, -0.15) is 0 Å². The lowest BCUT2D eigenvalue weighted by atomic mass is 10.0. The quantitative estimate of drug-likeness (QED) is 0.372. The SMILES string of the molecule is C/C=C\CC(=C\C)/C(C=N)=C/C. The van der Waals surface area contributed by atoms with Gasteiger partial charge in [0.05, 0.1) is 0 Å². The van der Waals surface area contributed by atoms with Crippen molar-refractivity contribution in [2.75, 3.05) is 0 Å². The fraction of sp³-hybridized carbons (Fsp3) is 0.364. The maximum Gasteiger partial charge on any atom is 0.0249 e. The third kappa shape index (κ3) is 3.33. The molecule has 0 unspecified atom stereocenters. The summed E-state index contributed by atoms with van der Waals surface area (Å²) in [6, 6.07) is 0. The van der Waals surface area contributed by atoms with Crippen LogP contribution in [-0.4, -0.2) is 6.21 Å². The summed E-state index contributed by atoms with van der Waals surface area (Å²) < 4.78 is 0. The van der Waals surface area contributed by atoms with E-state index < -0.39 is 0 Å². The minimum atomic E-state index is 0.919. The molecule has 0 aromatic carbocycles. The van der Waals surface area contributed by atoms with Crippen LogP contribution in [0.15, 0.2) is 35.5 Å². The number of allylic oxidation sites excluding steroid dienone is 6. The van der Waals surface area contributed by atoms with Gasteiger partial charge < -0.3 is 5.41 Å². The van der Waals surface area contributed by atoms with Crippen molar-refractivity contribution < 1.29 is 0 Å². The molecule has 0 aromatic rings. The fourth-order valence-corrected chi connectivity index (χ4v) is 1.01. The lowest BCUT2D eigenvalue weighted by molar-refractivity contribution is 1.23. The molecule has 0 aliphatic carbocycles. The third-order valence-corrected chi connectivity index (χ3v) is 1.76. The van der Waals surface area contributed by atoms with Gasteiger partial charge >= 0.3 is 0 Å². The van der Waals surface area contributed by atoms with Crippen molar-refractivity contribution in [2.24, 2.45) is 0 Å². The second-order valence-electron chi connectivity index (χ2n) is 2.48. The molecule has 0 bridgehead atoms. The number of nitrogens with one attached hydrogen (secondary N) is 1. The van der Waals surface area contributed by atoms with Gasteiger partial charge in [0.2, 0.25) is 0 Å². The van der Waals surface area contributed by atoms with Gasteiger partial charge in [0.15, 0.2) is 0 Å². The Kier molecular flexibility index (Phi) is 5.98. The molecule has 0 atom stereocenters. The summed E-state index contributed by atoms with van der Waals surface area (Å²) in [6.45, 7) is 5.97. The standard InChI is InChI=1S/C11H17N/c1-4-7-8-10(5-2)11(6-3)9-12/h4-7,9,12H,8H2,1-3H3/b7-4-,10-5+,11-6+,12-9?. The molecule has 0 saturated heterocycles. The van der Waals surface area contributed by atoms with Crippen molar-refractivity contribution in [3.63, 3.8) is 0 Å². The molecule has 0 saturated carbocycles. The van der Waals surface area contributed by atoms with Gasteiger partial charge in [0.1, 0.15) is 0 Å². The van der Waals surface area contributed by atoms with E-state index in [-0.39, 0.29) is 0 Å². The highest BCUT2D eigenvalue weighted by molar-refractivity contribution is 5.82. The van der Waals surface area contributed by atoms with Crippen LogP contribution in [0.5, 0.6) is 0 Å². The minimum absolute atomic E-state index is 0.919. The first kappa shape index (κ1) is 10.9. The monoisotopic (exact) mass is 163 g/mol. The van der Waals surface area contributed by atoms with Crippen LogP contribution in [0, 0.1) is 5.41 Å². The van der Waals surface area contributed by atoms with Crippen molar-refractivity contribution in [3.05, 3.63) is 35.5 Å². The van der Waals surface area contributed by atoms with E-state index in [0.717, 1.165) is 12.0 Å². The second-order valence-corrected chi connectivity index (χ2v) is 2.48. The van der Waals surface area contributed by atoms with E-state index in [1.165, 1.54) is 11.8 Å². The maximum absolute atomic E-state index is 7.17. The molecule has 0 amide bonds. The Hall–Kier alpha value is -1.11. The number of hydrogen-bond donors (Lipinski definition) is 1. The van der Waals surface area contributed by atoms with E-state index in [2.05, 4.69) is 12.2 Å². The Morgan fingerprint density at radius 1 is 1.17 bits per heavy atom. The molecule has 1 nitrogen and oxygen atoms in total. The van der Waals surface area contributed by atoms with E-state index in [4.69, 9.17) is 5.41 Å². The molecule has 1 heteroatoms. The largest absolute Gasteiger partial charge is 0.308 e. The van der Waals surface area contributed by atoms with Crippen molar-refractivity contribution in [1.82, 2.24) is 0 Å². The first-order chi connectivity index (χ1) is 5.79. The third-order valence-electron chi connectivity index (χ3n) is 1.76. The second kappa shape index (κ2) is 6.59. The Morgan fingerprint density at radius 3 is 2.17 bits per heavy atom. The van der Waals surface area contributed by atoms with Gasteiger partial charge in [0.25, 0.3) is 0 Å². The smallest absolute Gasteiger partial charge is 0.0249 e. The normalized spacial score (nSPS) is 13.9. The Balaban J connectivity index is 4.45. The first-order valence-corrected chi connectivity index (χ1v) is 4.23. The minimum Gasteiger partial charge on any atom is -0.308 e. The molecule has 0 spiro atoms. The highest BCUT2D eigenvalue weighted by Gasteiger charge is 1.96. The number of rotatable bonds is 4. The Labute approximate surface area is 75.0 Å². The molecule has 0 aliphatic heterocycles. The summed E-state index contributed by atoms with van der Waals surface area (Å²) >= 11 is 0. The fourth-order valence-electron chi connectivity index (χ4n) is 1.01. The summed E-state index contributed by atoms with van der Waals surface area (Å²) in [4.78, 5) is 0. The Morgan fingerprint density at radius 2 is 1.83 bits per heavy atom. The first-order valence-electron chi connectivity index (χ1n) is 4.23. The van der Waals surface area contributed by atoms with Crippen molar-refractivity contribution in [1.29, 1.82) is 5.41 Å². The van der Waals surface area contributed by atoms with Crippen molar-refractivity contribution in [3.8, 4) is 0 Å². The summed E-state index contributed by atoms with van der Waals surface area (Å²) in [5.74, 6) is 0. The molecular formula is C11H17N. The summed E-state index contributed by atoms with van der Waals surface area (Å²) in [5.41, 5.74) is 2.22. The lowest BCUT2D eigenvalue weighted by Gasteiger charge is -2.02. The van der Waals surface area contributed by atoms with E-state index >= 15 is 0 Å². The highest BCUT2D eigenvalue weighted by Crippen LogP contribution is 2.12. The van der Waals surface area contributed by atoms with Crippen LogP contribution in [0.2, 0.25) is 0 Å². The molecule has 66 valence electrons. The molecule has 0 aromatic heterocycles. The van der Waals surface area contributed by atoms with Gasteiger partial charge in [0, 0.05) is 6.21 Å². The average molecular weight is 163 g/mol. The van der Waals surface area contributed by atoms with Crippen LogP contribution in [-0.2, 0) is 0 Å². The molecule has 1 N–H and O–H groups in total. The zero-order chi connectivity index (χ0) is 9.40. The summed E-state index contributed by atoms with van der Waals surface area (Å²) in [6.07, 6.45) is 10.5. The highest BCUT2D eigenvalue weighted by atomic mass is 14.3. The molecule has 0 fully saturated rings. The predicted octanol–water partition coefficient (Wildman–Crippen LogP) is 3.49. The molecule has 0 radical (unpaired) electrons. The summed E-state index contributed by atoms with van der Waals surface area (Å²) in [5, 5.41) is 7.17. The van der Waals surface area contributed by atoms with Crippen LogP contribution in [0.3, 0.4) is 0 Å². The van der Waals surface area contributed by atoms with E-state index in [1.807, 2.05) is 32.9 Å². The van der Waals surface area contributed by atoms with Crippen LogP contribution < -0.4 is 0 Å². The number of hydrogen-bond acceptors (Lipinski definition) is 1. The maximum atomic E-state index is 7.17.